The molecule has 1 N–H and O–H groups in total. The highest BCUT2D eigenvalue weighted by molar-refractivity contribution is 9.09. The summed E-state index contributed by atoms with van der Waals surface area (Å²) in [6, 6.07) is 0. The molecule has 0 heterocycles. The van der Waals surface area contributed by atoms with Gasteiger partial charge in [-0.1, -0.05) is 48.4 Å². The summed E-state index contributed by atoms with van der Waals surface area (Å²) in [5.41, 5.74) is 1.27. The van der Waals surface area contributed by atoms with Crippen molar-refractivity contribution < 1.29 is 5.11 Å². The van der Waals surface area contributed by atoms with Gasteiger partial charge in [-0.15, -0.1) is 0 Å². The van der Waals surface area contributed by atoms with Crippen LogP contribution >= 0.6 is 15.9 Å². The highest BCUT2D eigenvalue weighted by atomic mass is 79.9. The van der Waals surface area contributed by atoms with Gasteiger partial charge in [0.1, 0.15) is 0 Å². The molecule has 2 rings (SSSR count). The molecule has 1 fully saturated rings. The number of halogens is 1. The van der Waals surface area contributed by atoms with Crippen LogP contribution in [-0.4, -0.2) is 15.5 Å². The lowest BCUT2D eigenvalue weighted by molar-refractivity contribution is -0.0937. The molecule has 0 aromatic rings. The summed E-state index contributed by atoms with van der Waals surface area (Å²) in [6.45, 7) is 8.91. The number of rotatable bonds is 1. The molecule has 0 aromatic heterocycles. The van der Waals surface area contributed by atoms with Crippen LogP contribution in [0, 0.1) is 17.3 Å². The van der Waals surface area contributed by atoms with Crippen LogP contribution in [0.25, 0.3) is 0 Å². The molecule has 0 unspecified atom stereocenters. The lowest BCUT2D eigenvalue weighted by Gasteiger charge is -2.54. The molecular weight excluding hydrogens is 276 g/mol. The van der Waals surface area contributed by atoms with E-state index in [0.29, 0.717) is 16.7 Å². The maximum absolute atomic E-state index is 10.7. The Bertz CT molecular complexity index is 332. The quantitative estimate of drug-likeness (QED) is 0.566. The summed E-state index contributed by atoms with van der Waals surface area (Å²) in [4.78, 5) is 0.546. The van der Waals surface area contributed by atoms with Gasteiger partial charge in [0.05, 0.1) is 5.60 Å². The Morgan fingerprint density at radius 2 is 2.06 bits per heavy atom. The Morgan fingerprint density at radius 1 is 1.41 bits per heavy atom. The van der Waals surface area contributed by atoms with Crippen molar-refractivity contribution in [3.05, 3.63) is 11.6 Å². The lowest BCUT2D eigenvalue weighted by atomic mass is 9.55. The van der Waals surface area contributed by atoms with Crippen LogP contribution in [0.3, 0.4) is 0 Å². The summed E-state index contributed by atoms with van der Waals surface area (Å²) in [5, 5.41) is 10.7. The fraction of sp³-hybridized carbons (Fsp3) is 0.867. The van der Waals surface area contributed by atoms with Gasteiger partial charge in [0, 0.05) is 4.83 Å². The van der Waals surface area contributed by atoms with Gasteiger partial charge >= 0.3 is 0 Å². The molecule has 1 nitrogen and oxygen atoms in total. The number of allylic oxidation sites excluding steroid dienone is 2. The number of fused-ring (bicyclic) bond motifs is 1. The molecule has 0 amide bonds. The standard InChI is InChI=1S/C15H25BrO/c1-10(2)11-5-7-14(3)12(9-11)15(4,17)8-6-13(14)16/h5,10,12-13,17H,6-9H2,1-4H3/t12-,13-,14-,15+/m0/s1. The first-order chi connectivity index (χ1) is 7.77. The fourth-order valence-corrected chi connectivity index (χ4v) is 4.45. The van der Waals surface area contributed by atoms with E-state index in [1.165, 1.54) is 5.57 Å². The Morgan fingerprint density at radius 3 is 2.65 bits per heavy atom. The minimum Gasteiger partial charge on any atom is -0.390 e. The molecular formula is C15H25BrO. The third kappa shape index (κ3) is 2.23. The summed E-state index contributed by atoms with van der Waals surface area (Å²) < 4.78 is 0. The van der Waals surface area contributed by atoms with Crippen LogP contribution in [0.15, 0.2) is 11.6 Å². The average molecular weight is 301 g/mol. The molecule has 1 saturated carbocycles. The Hall–Kier alpha value is 0.180. The van der Waals surface area contributed by atoms with Gasteiger partial charge in [0.25, 0.3) is 0 Å². The van der Waals surface area contributed by atoms with Gasteiger partial charge in [-0.3, -0.25) is 0 Å². The van der Waals surface area contributed by atoms with Gasteiger partial charge in [-0.2, -0.15) is 0 Å². The van der Waals surface area contributed by atoms with Gasteiger partial charge < -0.3 is 5.11 Å². The monoisotopic (exact) mass is 300 g/mol. The predicted octanol–water partition coefficient (Wildman–Crippen LogP) is 4.29. The first-order valence-electron chi connectivity index (χ1n) is 6.83. The van der Waals surface area contributed by atoms with Crippen molar-refractivity contribution in [2.75, 3.05) is 0 Å². The second-order valence-corrected chi connectivity index (χ2v) is 7.87. The largest absolute Gasteiger partial charge is 0.390 e. The topological polar surface area (TPSA) is 20.2 Å². The summed E-state index contributed by atoms with van der Waals surface area (Å²) >= 11 is 3.85. The number of hydrogen-bond acceptors (Lipinski definition) is 1. The zero-order valence-electron chi connectivity index (χ0n) is 11.5. The van der Waals surface area contributed by atoms with Gasteiger partial charge in [-0.25, -0.2) is 0 Å². The smallest absolute Gasteiger partial charge is 0.0657 e. The molecule has 2 heteroatoms. The highest BCUT2D eigenvalue weighted by Crippen LogP contribution is 2.56. The Labute approximate surface area is 114 Å². The van der Waals surface area contributed by atoms with Crippen LogP contribution < -0.4 is 0 Å². The molecule has 2 aliphatic carbocycles. The van der Waals surface area contributed by atoms with E-state index in [1.807, 2.05) is 6.92 Å². The maximum Gasteiger partial charge on any atom is 0.0657 e. The van der Waals surface area contributed by atoms with E-state index in [4.69, 9.17) is 0 Å². The molecule has 0 spiro atoms. The van der Waals surface area contributed by atoms with Crippen LogP contribution in [0.1, 0.15) is 53.4 Å². The van der Waals surface area contributed by atoms with E-state index in [0.717, 1.165) is 25.7 Å². The summed E-state index contributed by atoms with van der Waals surface area (Å²) in [6.07, 6.45) is 6.62. The highest BCUT2D eigenvalue weighted by Gasteiger charge is 2.53. The molecule has 0 bridgehead atoms. The van der Waals surface area contributed by atoms with Crippen molar-refractivity contribution in [1.29, 1.82) is 0 Å². The molecule has 4 atom stereocenters. The first kappa shape index (κ1) is 13.6. The second kappa shape index (κ2) is 4.38. The first-order valence-corrected chi connectivity index (χ1v) is 7.74. The summed E-state index contributed by atoms with van der Waals surface area (Å²) in [7, 11) is 0. The molecule has 0 aromatic carbocycles. The second-order valence-electron chi connectivity index (χ2n) is 6.76. The number of hydrogen-bond donors (Lipinski definition) is 1. The molecule has 98 valence electrons. The third-order valence-electron chi connectivity index (χ3n) is 5.15. The van der Waals surface area contributed by atoms with Crippen molar-refractivity contribution in [3.8, 4) is 0 Å². The minimum absolute atomic E-state index is 0.222. The van der Waals surface area contributed by atoms with Crippen molar-refractivity contribution in [3.63, 3.8) is 0 Å². The van der Waals surface area contributed by atoms with Gasteiger partial charge in [-0.05, 0) is 49.9 Å². The average Bonchev–Trinajstić information content (AvgIpc) is 2.24. The van der Waals surface area contributed by atoms with Crippen molar-refractivity contribution in [1.82, 2.24) is 0 Å². The summed E-state index contributed by atoms with van der Waals surface area (Å²) in [5.74, 6) is 1.02. The zero-order valence-corrected chi connectivity index (χ0v) is 13.0. The maximum atomic E-state index is 10.7. The number of alkyl halides is 1. The van der Waals surface area contributed by atoms with E-state index in [9.17, 15) is 5.11 Å². The fourth-order valence-electron chi connectivity index (χ4n) is 3.72. The van der Waals surface area contributed by atoms with Crippen molar-refractivity contribution in [2.24, 2.45) is 17.3 Å². The van der Waals surface area contributed by atoms with Crippen LogP contribution in [-0.2, 0) is 0 Å². The zero-order chi connectivity index (χ0) is 12.8. The Kier molecular flexibility index (Phi) is 3.51. The Balaban J connectivity index is 2.33. The SMILES string of the molecule is CC(C)C1=CC[C@]2(C)[C@@H](Br)CC[C@@](C)(O)[C@H]2C1. The molecule has 17 heavy (non-hydrogen) atoms. The molecule has 0 saturated heterocycles. The van der Waals surface area contributed by atoms with Crippen LogP contribution in [0.4, 0.5) is 0 Å². The molecule has 0 aliphatic heterocycles. The van der Waals surface area contributed by atoms with Crippen molar-refractivity contribution in [2.45, 2.75) is 63.8 Å². The number of aliphatic hydroxyl groups is 1. The van der Waals surface area contributed by atoms with E-state index < -0.39 is 5.60 Å². The predicted molar refractivity (Wildman–Crippen MR) is 76.3 cm³/mol. The molecule has 0 radical (unpaired) electrons. The van der Waals surface area contributed by atoms with E-state index in [2.05, 4.69) is 42.8 Å². The normalized spacial score (nSPS) is 46.6. The van der Waals surface area contributed by atoms with Gasteiger partial charge in [0.2, 0.25) is 0 Å². The minimum atomic E-state index is -0.493. The van der Waals surface area contributed by atoms with E-state index >= 15 is 0 Å². The third-order valence-corrected chi connectivity index (χ3v) is 6.66. The van der Waals surface area contributed by atoms with Crippen molar-refractivity contribution >= 4 is 15.9 Å². The lowest BCUT2D eigenvalue weighted by Crippen LogP contribution is -2.54. The van der Waals surface area contributed by atoms with Crippen LogP contribution in [0.5, 0.6) is 0 Å². The van der Waals surface area contributed by atoms with E-state index in [-0.39, 0.29) is 5.41 Å². The molecule has 2 aliphatic rings. The van der Waals surface area contributed by atoms with E-state index in [1.54, 1.807) is 0 Å². The van der Waals surface area contributed by atoms with Crippen LogP contribution in [0.2, 0.25) is 0 Å². The van der Waals surface area contributed by atoms with Gasteiger partial charge in [0.15, 0.2) is 0 Å².